The van der Waals surface area contributed by atoms with Gasteiger partial charge in [-0.25, -0.2) is 0 Å². The molecule has 2 rings (SSSR count). The number of carboxylic acid groups (broad SMARTS) is 1. The molecule has 0 spiro atoms. The highest BCUT2D eigenvalue weighted by atomic mass is 16.4. The molecule has 3 heteroatoms. The zero-order valence-corrected chi connectivity index (χ0v) is 18.3. The Hall–Kier alpha value is -1.90. The third-order valence-corrected chi connectivity index (χ3v) is 7.70. The number of hydrogen-bond acceptors (Lipinski definition) is 2. The first kappa shape index (κ1) is 22.4. The number of carbonyl (C=O) groups is 2. The predicted octanol–water partition coefficient (Wildman–Crippen LogP) is 5.99. The summed E-state index contributed by atoms with van der Waals surface area (Å²) >= 11 is 0. The van der Waals surface area contributed by atoms with Gasteiger partial charge in [0, 0.05) is 17.3 Å². The van der Waals surface area contributed by atoms with E-state index in [9.17, 15) is 14.7 Å². The lowest BCUT2D eigenvalue weighted by Crippen LogP contribution is -2.55. The molecule has 28 heavy (non-hydrogen) atoms. The van der Waals surface area contributed by atoms with Crippen LogP contribution >= 0.6 is 0 Å². The Morgan fingerprint density at radius 1 is 1.32 bits per heavy atom. The van der Waals surface area contributed by atoms with Crippen LogP contribution in [0.15, 0.2) is 48.1 Å². The number of carbonyl (C=O) groups excluding carboxylic acids is 1. The third kappa shape index (κ3) is 3.03. The predicted molar refractivity (Wildman–Crippen MR) is 115 cm³/mol. The second-order valence-corrected chi connectivity index (χ2v) is 8.56. The Balaban J connectivity index is 2.82. The number of Topliss-reactive ketones (excluding diaryl/α,β-unsaturated/α-hetero) is 1. The number of fused-ring (bicyclic) bond motifs is 1. The number of carboxylic acids is 1. The van der Waals surface area contributed by atoms with E-state index in [1.165, 1.54) is 5.57 Å². The van der Waals surface area contributed by atoms with Gasteiger partial charge in [0.2, 0.25) is 0 Å². The van der Waals surface area contributed by atoms with Crippen LogP contribution in [0.1, 0.15) is 60.8 Å². The second kappa shape index (κ2) is 8.23. The molecule has 154 valence electrons. The first-order valence-corrected chi connectivity index (χ1v) is 10.7. The number of allylic oxidation sites excluding steroid dienone is 7. The van der Waals surface area contributed by atoms with Crippen molar-refractivity contribution in [1.29, 1.82) is 0 Å². The number of hydrogen-bond donors (Lipinski definition) is 1. The minimum Gasteiger partial charge on any atom is -0.481 e. The smallest absolute Gasteiger partial charge is 0.310 e. The molecule has 2 aliphatic rings. The average Bonchev–Trinajstić information content (AvgIpc) is 2.95. The Kier molecular flexibility index (Phi) is 6.58. The van der Waals surface area contributed by atoms with E-state index in [2.05, 4.69) is 32.6 Å². The molecule has 1 saturated carbocycles. The van der Waals surface area contributed by atoms with Gasteiger partial charge in [-0.15, -0.1) is 0 Å². The molecule has 1 N–H and O–H groups in total. The molecule has 0 heterocycles. The fourth-order valence-corrected chi connectivity index (χ4v) is 5.92. The van der Waals surface area contributed by atoms with Crippen molar-refractivity contribution in [2.75, 3.05) is 0 Å². The Bertz CT molecular complexity index is 741. The van der Waals surface area contributed by atoms with Crippen LogP contribution in [-0.2, 0) is 9.59 Å². The molecule has 0 bridgehead atoms. The van der Waals surface area contributed by atoms with Crippen LogP contribution in [0.4, 0.5) is 0 Å². The summed E-state index contributed by atoms with van der Waals surface area (Å²) in [6, 6.07) is 0. The van der Waals surface area contributed by atoms with E-state index in [1.807, 2.05) is 39.8 Å². The van der Waals surface area contributed by atoms with E-state index in [-0.39, 0.29) is 29.5 Å². The highest BCUT2D eigenvalue weighted by molar-refractivity contribution is 5.89. The molecular weight excluding hydrogens is 348 g/mol. The maximum Gasteiger partial charge on any atom is 0.310 e. The van der Waals surface area contributed by atoms with Crippen LogP contribution in [0.25, 0.3) is 0 Å². The highest BCUT2D eigenvalue weighted by Crippen LogP contribution is 2.64. The Morgan fingerprint density at radius 2 is 1.96 bits per heavy atom. The zero-order chi connectivity index (χ0) is 21.3. The molecule has 0 aromatic rings. The van der Waals surface area contributed by atoms with Crippen LogP contribution in [0.3, 0.4) is 0 Å². The van der Waals surface area contributed by atoms with Gasteiger partial charge in [0.15, 0.2) is 0 Å². The van der Waals surface area contributed by atoms with Gasteiger partial charge >= 0.3 is 5.97 Å². The third-order valence-electron chi connectivity index (χ3n) is 7.70. The van der Waals surface area contributed by atoms with Gasteiger partial charge in [-0.05, 0) is 50.5 Å². The quantitative estimate of drug-likeness (QED) is 0.433. The maximum absolute atomic E-state index is 13.1. The lowest BCUT2D eigenvalue weighted by Gasteiger charge is -2.53. The summed E-state index contributed by atoms with van der Waals surface area (Å²) in [5, 5.41) is 10.5. The van der Waals surface area contributed by atoms with Crippen LogP contribution < -0.4 is 0 Å². The van der Waals surface area contributed by atoms with Gasteiger partial charge in [-0.2, -0.15) is 0 Å². The Labute approximate surface area is 170 Å². The average molecular weight is 385 g/mol. The molecule has 6 atom stereocenters. The Morgan fingerprint density at radius 3 is 2.39 bits per heavy atom. The summed E-state index contributed by atoms with van der Waals surface area (Å²) in [7, 11) is 0. The van der Waals surface area contributed by atoms with Gasteiger partial charge in [0.25, 0.3) is 0 Å². The van der Waals surface area contributed by atoms with E-state index < -0.39 is 16.8 Å². The van der Waals surface area contributed by atoms with E-state index in [0.717, 1.165) is 12.0 Å². The summed E-state index contributed by atoms with van der Waals surface area (Å²) in [4.78, 5) is 25.9. The van der Waals surface area contributed by atoms with Gasteiger partial charge < -0.3 is 5.11 Å². The zero-order valence-electron chi connectivity index (χ0n) is 18.3. The van der Waals surface area contributed by atoms with E-state index >= 15 is 0 Å². The van der Waals surface area contributed by atoms with Crippen molar-refractivity contribution in [1.82, 2.24) is 0 Å². The van der Waals surface area contributed by atoms with Crippen molar-refractivity contribution in [3.05, 3.63) is 48.1 Å². The summed E-state index contributed by atoms with van der Waals surface area (Å²) in [6.07, 6.45) is 12.2. The van der Waals surface area contributed by atoms with Gasteiger partial charge in [0.05, 0.1) is 5.41 Å². The summed E-state index contributed by atoms with van der Waals surface area (Å²) in [5.74, 6) is -1.03. The van der Waals surface area contributed by atoms with Gasteiger partial charge in [0.1, 0.15) is 5.78 Å². The van der Waals surface area contributed by atoms with Crippen molar-refractivity contribution >= 4 is 11.8 Å². The lowest BCUT2D eigenvalue weighted by atomic mass is 9.48. The molecule has 3 nitrogen and oxygen atoms in total. The maximum atomic E-state index is 13.1. The fourth-order valence-electron chi connectivity index (χ4n) is 5.92. The molecular formula is C25H36O3. The highest BCUT2D eigenvalue weighted by Gasteiger charge is 2.66. The lowest BCUT2D eigenvalue weighted by molar-refractivity contribution is -0.162. The monoisotopic (exact) mass is 384 g/mol. The summed E-state index contributed by atoms with van der Waals surface area (Å²) < 4.78 is 0. The topological polar surface area (TPSA) is 54.4 Å². The molecule has 0 aromatic carbocycles. The number of rotatable bonds is 7. The van der Waals surface area contributed by atoms with E-state index in [1.54, 1.807) is 6.08 Å². The molecule has 0 amide bonds. The van der Waals surface area contributed by atoms with Crippen LogP contribution in [0.5, 0.6) is 0 Å². The van der Waals surface area contributed by atoms with E-state index in [4.69, 9.17) is 0 Å². The molecule has 1 fully saturated rings. The molecule has 0 radical (unpaired) electrons. The van der Waals surface area contributed by atoms with Crippen LogP contribution in [0, 0.1) is 34.5 Å². The number of aliphatic carboxylic acids is 1. The normalized spacial score (nSPS) is 38.4. The second-order valence-electron chi connectivity index (χ2n) is 8.56. The standard InChI is InChI=1S/C25H36O3/c1-8-17(9-2)13-14-25(12-5)15-18(10-3)20-16(6)22(26)19(11-4)21(20)24(25,7)23(27)28/h8-9,13-16,19-21H,1,10-12H2,2-7H3,(H,27,28). The summed E-state index contributed by atoms with van der Waals surface area (Å²) in [6.45, 7) is 15.9. The molecule has 2 aliphatic carbocycles. The van der Waals surface area contributed by atoms with Gasteiger partial charge in [-0.1, -0.05) is 70.2 Å². The van der Waals surface area contributed by atoms with Crippen molar-refractivity contribution in [3.63, 3.8) is 0 Å². The minimum atomic E-state index is -1.04. The number of ketones is 1. The van der Waals surface area contributed by atoms with Gasteiger partial charge in [-0.3, -0.25) is 9.59 Å². The minimum absolute atomic E-state index is 0.0252. The molecule has 0 aliphatic heterocycles. The van der Waals surface area contributed by atoms with E-state index in [0.29, 0.717) is 12.8 Å². The van der Waals surface area contributed by atoms with Crippen LogP contribution in [0.2, 0.25) is 0 Å². The van der Waals surface area contributed by atoms with Crippen molar-refractivity contribution < 1.29 is 14.7 Å². The van der Waals surface area contributed by atoms with Crippen molar-refractivity contribution in [2.24, 2.45) is 34.5 Å². The van der Waals surface area contributed by atoms with Crippen molar-refractivity contribution in [2.45, 2.75) is 60.8 Å². The van der Waals surface area contributed by atoms with Crippen molar-refractivity contribution in [3.8, 4) is 0 Å². The first-order valence-electron chi connectivity index (χ1n) is 10.7. The summed E-state index contributed by atoms with van der Waals surface area (Å²) in [5.41, 5.74) is 0.535. The molecule has 6 unspecified atom stereocenters. The van der Waals surface area contributed by atoms with Crippen LogP contribution in [-0.4, -0.2) is 16.9 Å². The largest absolute Gasteiger partial charge is 0.481 e. The molecule has 0 saturated heterocycles. The molecule has 0 aromatic heterocycles. The SMILES string of the molecule is C=CC(C=CC1(CC)C=C(CC)C2C(C)C(=O)C(CC)C2C1(C)C(=O)O)=CC. The fraction of sp³-hybridized carbons (Fsp3) is 0.600. The first-order chi connectivity index (χ1) is 13.2.